The summed E-state index contributed by atoms with van der Waals surface area (Å²) in [6, 6.07) is 8.77. The van der Waals surface area contributed by atoms with E-state index in [4.69, 9.17) is 10.5 Å². The van der Waals surface area contributed by atoms with Crippen LogP contribution < -0.4 is 15.8 Å². The van der Waals surface area contributed by atoms with Gasteiger partial charge < -0.3 is 10.5 Å². The largest absolute Gasteiger partial charge is 0.497 e. The van der Waals surface area contributed by atoms with Gasteiger partial charge in [0.05, 0.1) is 13.3 Å². The van der Waals surface area contributed by atoms with E-state index in [-0.39, 0.29) is 6.17 Å². The number of rotatable bonds is 3. The lowest BCUT2D eigenvalue weighted by molar-refractivity contribution is 0.414. The minimum absolute atomic E-state index is 0.156. The highest BCUT2D eigenvalue weighted by molar-refractivity contribution is 5.27. The summed E-state index contributed by atoms with van der Waals surface area (Å²) < 4.78 is 5.14. The van der Waals surface area contributed by atoms with Gasteiger partial charge in [-0.25, -0.2) is 0 Å². The lowest BCUT2D eigenvalue weighted by atomic mass is 10.0. The third-order valence-corrected chi connectivity index (χ3v) is 3.34. The molecule has 1 saturated heterocycles. The molecule has 0 radical (unpaired) electrons. The van der Waals surface area contributed by atoms with Crippen molar-refractivity contribution in [2.24, 2.45) is 11.7 Å². The molecule has 0 bridgehead atoms. The molecular weight excluding hydrogens is 200 g/mol. The van der Waals surface area contributed by atoms with Gasteiger partial charge >= 0.3 is 0 Å². The van der Waals surface area contributed by atoms with Crippen LogP contribution in [-0.2, 0) is 6.42 Å². The zero-order chi connectivity index (χ0) is 11.5. The Morgan fingerprint density at radius 1 is 1.38 bits per heavy atom. The van der Waals surface area contributed by atoms with Crippen LogP contribution in [0.4, 0.5) is 0 Å². The second-order valence-electron chi connectivity index (χ2n) is 4.65. The van der Waals surface area contributed by atoms with Gasteiger partial charge in [-0.1, -0.05) is 19.1 Å². The molecule has 0 saturated carbocycles. The highest BCUT2D eigenvalue weighted by atomic mass is 16.5. The maximum Gasteiger partial charge on any atom is 0.118 e. The van der Waals surface area contributed by atoms with E-state index in [2.05, 4.69) is 24.4 Å². The molecule has 3 heteroatoms. The molecule has 16 heavy (non-hydrogen) atoms. The maximum absolute atomic E-state index is 5.94. The summed E-state index contributed by atoms with van der Waals surface area (Å²) in [6.45, 7) is 2.20. The first-order valence-electron chi connectivity index (χ1n) is 5.83. The van der Waals surface area contributed by atoms with E-state index in [1.165, 1.54) is 5.56 Å². The SMILES string of the molecule is COc1ccc(CC2C[C@@H](C)[C@@H](N)N2)cc1. The smallest absolute Gasteiger partial charge is 0.118 e. The van der Waals surface area contributed by atoms with Gasteiger partial charge in [-0.3, -0.25) is 5.32 Å². The summed E-state index contributed by atoms with van der Waals surface area (Å²) in [4.78, 5) is 0. The molecule has 88 valence electrons. The van der Waals surface area contributed by atoms with Gasteiger partial charge in [-0.15, -0.1) is 0 Å². The fraction of sp³-hybridized carbons (Fsp3) is 0.538. The zero-order valence-corrected chi connectivity index (χ0v) is 9.94. The summed E-state index contributed by atoms with van der Waals surface area (Å²) in [5.74, 6) is 1.48. The molecule has 1 fully saturated rings. The summed E-state index contributed by atoms with van der Waals surface area (Å²) >= 11 is 0. The fourth-order valence-electron chi connectivity index (χ4n) is 2.29. The Bertz CT molecular complexity index is 326. The predicted molar refractivity (Wildman–Crippen MR) is 65.4 cm³/mol. The molecule has 0 spiro atoms. The monoisotopic (exact) mass is 220 g/mol. The highest BCUT2D eigenvalue weighted by Gasteiger charge is 2.27. The van der Waals surface area contributed by atoms with Gasteiger partial charge in [-0.05, 0) is 36.5 Å². The average Bonchev–Trinajstić information content (AvgIpc) is 2.59. The maximum atomic E-state index is 5.94. The van der Waals surface area contributed by atoms with Crippen molar-refractivity contribution < 1.29 is 4.74 Å². The Morgan fingerprint density at radius 3 is 2.56 bits per heavy atom. The van der Waals surface area contributed by atoms with Crippen molar-refractivity contribution >= 4 is 0 Å². The van der Waals surface area contributed by atoms with Crippen LogP contribution in [0, 0.1) is 5.92 Å². The number of nitrogens with two attached hydrogens (primary N) is 1. The minimum atomic E-state index is 0.156. The second-order valence-corrected chi connectivity index (χ2v) is 4.65. The van der Waals surface area contributed by atoms with Crippen LogP contribution in [0.25, 0.3) is 0 Å². The fourth-order valence-corrected chi connectivity index (χ4v) is 2.29. The normalized spacial score (nSPS) is 29.3. The van der Waals surface area contributed by atoms with E-state index < -0.39 is 0 Å². The molecule has 0 aliphatic carbocycles. The minimum Gasteiger partial charge on any atom is -0.497 e. The van der Waals surface area contributed by atoms with Crippen LogP contribution in [0.15, 0.2) is 24.3 Å². The lowest BCUT2D eigenvalue weighted by Crippen LogP contribution is -2.38. The van der Waals surface area contributed by atoms with E-state index in [9.17, 15) is 0 Å². The highest BCUT2D eigenvalue weighted by Crippen LogP contribution is 2.21. The average molecular weight is 220 g/mol. The Balaban J connectivity index is 1.94. The van der Waals surface area contributed by atoms with Gasteiger partial charge in [0.25, 0.3) is 0 Å². The van der Waals surface area contributed by atoms with Crippen molar-refractivity contribution in [2.45, 2.75) is 32.0 Å². The molecule has 3 nitrogen and oxygen atoms in total. The lowest BCUT2D eigenvalue weighted by Gasteiger charge is -2.11. The van der Waals surface area contributed by atoms with Gasteiger partial charge in [-0.2, -0.15) is 0 Å². The molecule has 3 atom stereocenters. The number of hydrogen-bond donors (Lipinski definition) is 2. The molecule has 1 heterocycles. The van der Waals surface area contributed by atoms with Crippen molar-refractivity contribution in [1.29, 1.82) is 0 Å². The van der Waals surface area contributed by atoms with Gasteiger partial charge in [0.15, 0.2) is 0 Å². The quantitative estimate of drug-likeness (QED) is 0.812. The summed E-state index contributed by atoms with van der Waals surface area (Å²) in [5.41, 5.74) is 7.27. The van der Waals surface area contributed by atoms with E-state index in [0.29, 0.717) is 12.0 Å². The predicted octanol–water partition coefficient (Wildman–Crippen LogP) is 1.52. The third kappa shape index (κ3) is 2.54. The molecule has 1 aliphatic heterocycles. The van der Waals surface area contributed by atoms with E-state index >= 15 is 0 Å². The first-order chi connectivity index (χ1) is 7.69. The van der Waals surface area contributed by atoms with Crippen molar-refractivity contribution in [2.75, 3.05) is 7.11 Å². The Morgan fingerprint density at radius 2 is 2.06 bits per heavy atom. The van der Waals surface area contributed by atoms with Crippen molar-refractivity contribution in [1.82, 2.24) is 5.32 Å². The third-order valence-electron chi connectivity index (χ3n) is 3.34. The van der Waals surface area contributed by atoms with Crippen LogP contribution in [0.1, 0.15) is 18.9 Å². The van der Waals surface area contributed by atoms with E-state index in [1.807, 2.05) is 12.1 Å². The molecule has 0 amide bonds. The summed E-state index contributed by atoms with van der Waals surface area (Å²) in [5, 5.41) is 3.43. The summed E-state index contributed by atoms with van der Waals surface area (Å²) in [7, 11) is 1.69. The standard InChI is InChI=1S/C13H20N2O/c1-9-7-11(15-13(9)14)8-10-3-5-12(16-2)6-4-10/h3-6,9,11,13,15H,7-8,14H2,1-2H3/t9-,11?,13+/m1/s1. The molecule has 1 aromatic carbocycles. The van der Waals surface area contributed by atoms with Crippen LogP contribution in [-0.4, -0.2) is 19.3 Å². The van der Waals surface area contributed by atoms with Gasteiger partial charge in [0.2, 0.25) is 0 Å². The molecule has 2 rings (SSSR count). The van der Waals surface area contributed by atoms with Crippen LogP contribution in [0.2, 0.25) is 0 Å². The van der Waals surface area contributed by atoms with Crippen LogP contribution in [0.3, 0.4) is 0 Å². The number of ether oxygens (including phenoxy) is 1. The van der Waals surface area contributed by atoms with Crippen molar-refractivity contribution in [3.63, 3.8) is 0 Å². The Kier molecular flexibility index (Phi) is 3.46. The number of benzene rings is 1. The first-order valence-corrected chi connectivity index (χ1v) is 5.83. The van der Waals surface area contributed by atoms with Crippen molar-refractivity contribution in [3.05, 3.63) is 29.8 Å². The molecular formula is C13H20N2O. The Hall–Kier alpha value is -1.06. The Labute approximate surface area is 97.0 Å². The second kappa shape index (κ2) is 4.85. The number of hydrogen-bond acceptors (Lipinski definition) is 3. The van der Waals surface area contributed by atoms with Crippen LogP contribution >= 0.6 is 0 Å². The number of methoxy groups -OCH3 is 1. The van der Waals surface area contributed by atoms with Crippen LogP contribution in [0.5, 0.6) is 5.75 Å². The molecule has 1 unspecified atom stereocenters. The molecule has 0 aromatic heterocycles. The van der Waals surface area contributed by atoms with Gasteiger partial charge in [0.1, 0.15) is 5.75 Å². The summed E-state index contributed by atoms with van der Waals surface area (Å²) in [6.07, 6.45) is 2.36. The van der Waals surface area contributed by atoms with E-state index in [0.717, 1.165) is 18.6 Å². The molecule has 3 N–H and O–H groups in total. The molecule has 1 aromatic rings. The molecule has 1 aliphatic rings. The van der Waals surface area contributed by atoms with E-state index in [1.54, 1.807) is 7.11 Å². The van der Waals surface area contributed by atoms with Gasteiger partial charge in [0, 0.05) is 6.04 Å². The topological polar surface area (TPSA) is 47.3 Å². The first kappa shape index (κ1) is 11.4. The van der Waals surface area contributed by atoms with Crippen molar-refractivity contribution in [3.8, 4) is 5.75 Å². The number of nitrogens with one attached hydrogen (secondary N) is 1. The zero-order valence-electron chi connectivity index (χ0n) is 9.94.